The molecule has 0 atom stereocenters. The number of hydrogen-bond donors (Lipinski definition) is 0. The van der Waals surface area contributed by atoms with Crippen molar-refractivity contribution in [2.45, 2.75) is 59.4 Å². The van der Waals surface area contributed by atoms with Gasteiger partial charge in [-0.15, -0.1) is 0 Å². The number of nitrogens with zero attached hydrogens (tertiary/aromatic N) is 3. The lowest BCUT2D eigenvalue weighted by Crippen LogP contribution is -2.35. The maximum Gasteiger partial charge on any atom is 0.420 e. The van der Waals surface area contributed by atoms with Crippen LogP contribution in [0.25, 0.3) is 5.57 Å². The molecule has 9 heteroatoms. The molecule has 0 bridgehead atoms. The van der Waals surface area contributed by atoms with Crippen molar-refractivity contribution in [2.24, 2.45) is 0 Å². The van der Waals surface area contributed by atoms with E-state index in [1.54, 1.807) is 44.0 Å². The Labute approximate surface area is 210 Å². The summed E-state index contributed by atoms with van der Waals surface area (Å²) in [7, 11) is 0. The molecule has 0 saturated carbocycles. The fourth-order valence-electron chi connectivity index (χ4n) is 3.79. The van der Waals surface area contributed by atoms with Gasteiger partial charge >= 0.3 is 12.2 Å². The number of hydrogen-bond acceptors (Lipinski definition) is 6. The first kappa shape index (κ1) is 24.9. The van der Waals surface area contributed by atoms with Crippen LogP contribution in [0.2, 0.25) is 5.02 Å². The number of ether oxygens (including phenoxy) is 3. The summed E-state index contributed by atoms with van der Waals surface area (Å²) in [6.07, 6.45) is 2.60. The Kier molecular flexibility index (Phi) is 6.44. The van der Waals surface area contributed by atoms with Gasteiger partial charge in [-0.05, 0) is 70.9 Å². The minimum atomic E-state index is -0.705. The third kappa shape index (κ3) is 5.53. The molecular weight excluding hydrogens is 470 g/mol. The monoisotopic (exact) mass is 499 g/mol. The lowest BCUT2D eigenvalue weighted by atomic mass is 10.1. The Morgan fingerprint density at radius 1 is 1.03 bits per heavy atom. The molecule has 3 heterocycles. The third-order valence-corrected chi connectivity index (χ3v) is 5.63. The van der Waals surface area contributed by atoms with E-state index in [9.17, 15) is 9.59 Å². The molecule has 0 fully saturated rings. The molecule has 1 aromatic heterocycles. The predicted molar refractivity (Wildman–Crippen MR) is 134 cm³/mol. The maximum atomic E-state index is 13.3. The Bertz CT molecular complexity index is 1200. The second-order valence-electron chi connectivity index (χ2n) is 10.5. The minimum absolute atomic E-state index is 0.140. The highest BCUT2D eigenvalue weighted by Gasteiger charge is 2.33. The molecule has 0 saturated heterocycles. The van der Waals surface area contributed by atoms with Gasteiger partial charge in [-0.1, -0.05) is 23.7 Å². The van der Waals surface area contributed by atoms with Crippen molar-refractivity contribution >= 4 is 40.9 Å². The number of carbonyl (C=O) groups excluding carboxylic acids is 2. The number of benzene rings is 1. The molecule has 0 unspecified atom stereocenters. The summed E-state index contributed by atoms with van der Waals surface area (Å²) in [6.45, 7) is 11.9. The van der Waals surface area contributed by atoms with Gasteiger partial charge in [-0.3, -0.25) is 0 Å². The highest BCUT2D eigenvalue weighted by atomic mass is 35.5. The average molecular weight is 500 g/mol. The van der Waals surface area contributed by atoms with Crippen molar-refractivity contribution in [3.05, 3.63) is 52.7 Å². The number of aromatic nitrogens is 1. The van der Waals surface area contributed by atoms with Crippen LogP contribution in [0.15, 0.2) is 36.5 Å². The van der Waals surface area contributed by atoms with Crippen molar-refractivity contribution in [2.75, 3.05) is 18.0 Å². The summed E-state index contributed by atoms with van der Waals surface area (Å²) in [5, 5.41) is 0.447. The van der Waals surface area contributed by atoms with E-state index < -0.39 is 17.3 Å². The van der Waals surface area contributed by atoms with E-state index in [1.165, 1.54) is 4.90 Å². The van der Waals surface area contributed by atoms with Gasteiger partial charge in [0.15, 0.2) is 5.82 Å². The molecule has 1 aromatic carbocycles. The second-order valence-corrected chi connectivity index (χ2v) is 10.9. The molecular formula is C26H30ClN3O5. The van der Waals surface area contributed by atoms with E-state index in [0.29, 0.717) is 40.9 Å². The summed E-state index contributed by atoms with van der Waals surface area (Å²) in [4.78, 5) is 33.2. The number of halogens is 1. The van der Waals surface area contributed by atoms with Gasteiger partial charge in [-0.2, -0.15) is 0 Å². The van der Waals surface area contributed by atoms with Gasteiger partial charge in [0, 0.05) is 19.3 Å². The zero-order valence-electron chi connectivity index (χ0n) is 20.8. The Morgan fingerprint density at radius 3 is 2.40 bits per heavy atom. The first-order valence-corrected chi connectivity index (χ1v) is 11.8. The number of rotatable bonds is 1. The van der Waals surface area contributed by atoms with E-state index in [1.807, 2.05) is 39.0 Å². The van der Waals surface area contributed by atoms with Crippen LogP contribution in [0.4, 0.5) is 21.1 Å². The van der Waals surface area contributed by atoms with Gasteiger partial charge in [-0.25, -0.2) is 19.5 Å². The summed E-state index contributed by atoms with van der Waals surface area (Å²) in [5.41, 5.74) is 1.66. The smallest absolute Gasteiger partial charge is 0.420 e. The number of fused-ring (bicyclic) bond motifs is 2. The van der Waals surface area contributed by atoms with Crippen LogP contribution >= 0.6 is 11.6 Å². The van der Waals surface area contributed by atoms with Crippen LogP contribution in [-0.4, -0.2) is 46.4 Å². The van der Waals surface area contributed by atoms with Crippen LogP contribution in [0, 0.1) is 0 Å². The van der Waals surface area contributed by atoms with E-state index in [4.69, 9.17) is 25.8 Å². The van der Waals surface area contributed by atoms with E-state index in [-0.39, 0.29) is 12.7 Å². The van der Waals surface area contributed by atoms with Crippen molar-refractivity contribution in [1.82, 2.24) is 9.88 Å². The van der Waals surface area contributed by atoms with Crippen molar-refractivity contribution in [3.63, 3.8) is 0 Å². The summed E-state index contributed by atoms with van der Waals surface area (Å²) >= 11 is 6.43. The SMILES string of the molecule is CC(C)(C)OC(=O)N1CC=C(c2ccc3c(c2)OCc2c(Cl)ccnc2N3C(=O)OC(C)(C)C)C1. The number of carbonyl (C=O) groups is 2. The first-order valence-electron chi connectivity index (χ1n) is 11.4. The molecule has 0 radical (unpaired) electrons. The fraction of sp³-hybridized carbons (Fsp3) is 0.423. The summed E-state index contributed by atoms with van der Waals surface area (Å²) in [5.74, 6) is 0.855. The van der Waals surface area contributed by atoms with E-state index in [2.05, 4.69) is 4.98 Å². The average Bonchev–Trinajstić information content (AvgIpc) is 3.15. The molecule has 0 spiro atoms. The van der Waals surface area contributed by atoms with E-state index >= 15 is 0 Å². The summed E-state index contributed by atoms with van der Waals surface area (Å²) < 4.78 is 17.3. The molecule has 4 rings (SSSR count). The Morgan fingerprint density at radius 2 is 1.71 bits per heavy atom. The summed E-state index contributed by atoms with van der Waals surface area (Å²) in [6, 6.07) is 7.20. The highest BCUT2D eigenvalue weighted by Crippen LogP contribution is 2.42. The largest absolute Gasteiger partial charge is 0.486 e. The number of anilines is 2. The van der Waals surface area contributed by atoms with Crippen LogP contribution < -0.4 is 9.64 Å². The quantitative estimate of drug-likeness (QED) is 0.455. The van der Waals surface area contributed by atoms with Crippen LogP contribution in [-0.2, 0) is 16.1 Å². The molecule has 2 aromatic rings. The van der Waals surface area contributed by atoms with Crippen LogP contribution in [0.1, 0.15) is 52.7 Å². The number of pyridine rings is 1. The zero-order chi connectivity index (χ0) is 25.5. The lowest BCUT2D eigenvalue weighted by molar-refractivity contribution is 0.0306. The van der Waals surface area contributed by atoms with Crippen molar-refractivity contribution < 1.29 is 23.8 Å². The topological polar surface area (TPSA) is 81.2 Å². The molecule has 8 nitrogen and oxygen atoms in total. The highest BCUT2D eigenvalue weighted by molar-refractivity contribution is 6.31. The van der Waals surface area contributed by atoms with Gasteiger partial charge < -0.3 is 19.1 Å². The third-order valence-electron chi connectivity index (χ3n) is 5.28. The molecule has 0 aliphatic carbocycles. The lowest BCUT2D eigenvalue weighted by Gasteiger charge is -2.27. The van der Waals surface area contributed by atoms with Crippen LogP contribution in [0.3, 0.4) is 0 Å². The molecule has 2 aliphatic rings. The minimum Gasteiger partial charge on any atom is -0.486 e. The Hall–Kier alpha value is -3.26. The van der Waals surface area contributed by atoms with Crippen molar-refractivity contribution in [1.29, 1.82) is 0 Å². The molecule has 35 heavy (non-hydrogen) atoms. The standard InChI is InChI=1S/C26H30ClN3O5/c1-25(2,3)34-23(31)29-12-10-17(14-29)16-7-8-20-21(13-16)33-15-18-19(27)9-11-28-22(18)30(20)24(32)35-26(4,5)6/h7-11,13H,12,14-15H2,1-6H3. The fourth-order valence-corrected chi connectivity index (χ4v) is 3.98. The Balaban J connectivity index is 1.66. The molecule has 186 valence electrons. The zero-order valence-corrected chi connectivity index (χ0v) is 21.6. The van der Waals surface area contributed by atoms with Crippen molar-refractivity contribution in [3.8, 4) is 5.75 Å². The first-order chi connectivity index (χ1) is 16.3. The van der Waals surface area contributed by atoms with Gasteiger partial charge in [0.1, 0.15) is 23.6 Å². The van der Waals surface area contributed by atoms with Gasteiger partial charge in [0.05, 0.1) is 16.3 Å². The van der Waals surface area contributed by atoms with E-state index in [0.717, 1.165) is 11.1 Å². The predicted octanol–water partition coefficient (Wildman–Crippen LogP) is 6.33. The molecule has 2 amide bonds. The molecule has 2 aliphatic heterocycles. The second kappa shape index (κ2) is 9.07. The van der Waals surface area contributed by atoms with Gasteiger partial charge in [0.25, 0.3) is 0 Å². The maximum absolute atomic E-state index is 13.3. The van der Waals surface area contributed by atoms with Crippen LogP contribution in [0.5, 0.6) is 5.75 Å². The number of amides is 2. The van der Waals surface area contributed by atoms with Gasteiger partial charge in [0.2, 0.25) is 0 Å². The normalized spacial score (nSPS) is 15.5. The molecule has 0 N–H and O–H groups in total.